The van der Waals surface area contributed by atoms with Crippen molar-refractivity contribution >= 4 is 35.1 Å². The molecule has 2 aliphatic carbocycles. The molecule has 2 amide bonds. The molecule has 0 aromatic heterocycles. The summed E-state index contributed by atoms with van der Waals surface area (Å²) in [5.74, 6) is -1.16. The van der Waals surface area contributed by atoms with Crippen molar-refractivity contribution in [2.24, 2.45) is 23.7 Å². The lowest BCUT2D eigenvalue weighted by atomic mass is 9.85. The summed E-state index contributed by atoms with van der Waals surface area (Å²) in [7, 11) is 0. The van der Waals surface area contributed by atoms with Crippen LogP contribution in [0.2, 0.25) is 5.02 Å². The monoisotopic (exact) mass is 331 g/mol. The first-order chi connectivity index (χ1) is 11.0. The summed E-state index contributed by atoms with van der Waals surface area (Å²) in [5, 5.41) is 0.370. The molecule has 1 aromatic carbocycles. The number of hydrogen-bond donors (Lipinski definition) is 0. The number of fused-ring (bicyclic) bond motifs is 5. The van der Waals surface area contributed by atoms with Crippen molar-refractivity contribution in [2.75, 3.05) is 4.90 Å². The molecule has 2 bridgehead atoms. The summed E-state index contributed by atoms with van der Waals surface area (Å²) in [4.78, 5) is 38.1. The first kappa shape index (κ1) is 14.5. The third-order valence-electron chi connectivity index (χ3n) is 4.89. The van der Waals surface area contributed by atoms with Crippen LogP contribution in [0.1, 0.15) is 13.3 Å². The van der Waals surface area contributed by atoms with E-state index in [9.17, 15) is 14.4 Å². The number of imide groups is 1. The highest BCUT2D eigenvalue weighted by Gasteiger charge is 2.59. The molecule has 118 valence electrons. The summed E-state index contributed by atoms with van der Waals surface area (Å²) in [6.07, 6.45) is 4.93. The molecule has 1 saturated heterocycles. The largest absolute Gasteiger partial charge is 0.424 e. The molecule has 1 saturated carbocycles. The standard InChI is InChI=1S/C17H14ClNO4/c1-8(20)23-13-5-4-11(18)7-12(13)19-16(21)14-9-2-3-10(6-9)15(14)17(19)22/h2-5,7,9-10,14-15H,6H2,1H3/t9-,10-,14-,15+/m0/s1. The highest BCUT2D eigenvalue weighted by molar-refractivity contribution is 6.31. The normalized spacial score (nSPS) is 31.0. The maximum absolute atomic E-state index is 12.8. The summed E-state index contributed by atoms with van der Waals surface area (Å²) in [6.45, 7) is 1.27. The van der Waals surface area contributed by atoms with Crippen LogP contribution < -0.4 is 9.64 Å². The predicted octanol–water partition coefficient (Wildman–Crippen LogP) is 2.58. The Bertz CT molecular complexity index is 742. The van der Waals surface area contributed by atoms with Gasteiger partial charge < -0.3 is 4.74 Å². The topological polar surface area (TPSA) is 63.7 Å². The quantitative estimate of drug-likeness (QED) is 0.361. The molecule has 2 fully saturated rings. The van der Waals surface area contributed by atoms with Gasteiger partial charge in [0.15, 0.2) is 5.75 Å². The van der Waals surface area contributed by atoms with E-state index in [2.05, 4.69) is 0 Å². The number of amides is 2. The number of anilines is 1. The van der Waals surface area contributed by atoms with E-state index in [1.165, 1.54) is 19.1 Å². The second-order valence-electron chi connectivity index (χ2n) is 6.22. The Kier molecular flexibility index (Phi) is 3.10. The zero-order valence-corrected chi connectivity index (χ0v) is 13.1. The molecule has 0 unspecified atom stereocenters. The van der Waals surface area contributed by atoms with E-state index < -0.39 is 5.97 Å². The van der Waals surface area contributed by atoms with Crippen molar-refractivity contribution in [3.63, 3.8) is 0 Å². The number of ether oxygens (including phenoxy) is 1. The third-order valence-corrected chi connectivity index (χ3v) is 5.12. The Labute approximate surface area is 137 Å². The lowest BCUT2D eigenvalue weighted by Crippen LogP contribution is -2.33. The fraction of sp³-hybridized carbons (Fsp3) is 0.353. The number of esters is 1. The number of halogens is 1. The molecule has 3 aliphatic rings. The van der Waals surface area contributed by atoms with E-state index in [1.807, 2.05) is 12.2 Å². The molecule has 0 radical (unpaired) electrons. The fourth-order valence-electron chi connectivity index (χ4n) is 4.05. The summed E-state index contributed by atoms with van der Waals surface area (Å²) in [5.41, 5.74) is 0.247. The summed E-state index contributed by atoms with van der Waals surface area (Å²) < 4.78 is 5.14. The predicted molar refractivity (Wildman–Crippen MR) is 83.0 cm³/mol. The van der Waals surface area contributed by atoms with Crippen LogP contribution in [0.3, 0.4) is 0 Å². The Hall–Kier alpha value is -2.14. The van der Waals surface area contributed by atoms with Crippen LogP contribution in [0.25, 0.3) is 0 Å². The Morgan fingerprint density at radius 3 is 2.35 bits per heavy atom. The van der Waals surface area contributed by atoms with Gasteiger partial charge in [-0.2, -0.15) is 0 Å². The molecular formula is C17H14ClNO4. The molecule has 0 N–H and O–H groups in total. The first-order valence-corrected chi connectivity index (χ1v) is 7.89. The molecule has 1 aliphatic heterocycles. The van der Waals surface area contributed by atoms with Gasteiger partial charge in [0.25, 0.3) is 0 Å². The van der Waals surface area contributed by atoms with Crippen LogP contribution in [0.5, 0.6) is 5.75 Å². The third kappa shape index (κ3) is 2.03. The van der Waals surface area contributed by atoms with E-state index >= 15 is 0 Å². The van der Waals surface area contributed by atoms with Crippen LogP contribution in [0.15, 0.2) is 30.4 Å². The van der Waals surface area contributed by atoms with Crippen LogP contribution in [-0.4, -0.2) is 17.8 Å². The molecule has 0 spiro atoms. The second-order valence-corrected chi connectivity index (χ2v) is 6.65. The maximum atomic E-state index is 12.8. The van der Waals surface area contributed by atoms with Crippen LogP contribution >= 0.6 is 11.6 Å². The van der Waals surface area contributed by atoms with Crippen LogP contribution in [-0.2, 0) is 14.4 Å². The molecule has 4 atom stereocenters. The Balaban J connectivity index is 1.77. The maximum Gasteiger partial charge on any atom is 0.308 e. The van der Waals surface area contributed by atoms with Gasteiger partial charge in [0.2, 0.25) is 11.8 Å². The molecule has 6 heteroatoms. The first-order valence-electron chi connectivity index (χ1n) is 7.51. The van der Waals surface area contributed by atoms with Crippen molar-refractivity contribution in [1.82, 2.24) is 0 Å². The average molecular weight is 332 g/mol. The van der Waals surface area contributed by atoms with Crippen LogP contribution in [0, 0.1) is 23.7 Å². The van der Waals surface area contributed by atoms with Gasteiger partial charge in [-0.1, -0.05) is 23.8 Å². The van der Waals surface area contributed by atoms with Gasteiger partial charge in [-0.15, -0.1) is 0 Å². The van der Waals surface area contributed by atoms with Gasteiger partial charge in [0, 0.05) is 11.9 Å². The SMILES string of the molecule is CC(=O)Oc1ccc(Cl)cc1N1C(=O)[C@@H]2[C@H](C1=O)[C@H]1C=C[C@H]2C1. The van der Waals surface area contributed by atoms with Crippen molar-refractivity contribution in [2.45, 2.75) is 13.3 Å². The van der Waals surface area contributed by atoms with E-state index in [-0.39, 0.29) is 46.9 Å². The van der Waals surface area contributed by atoms with E-state index in [0.717, 1.165) is 11.3 Å². The molecule has 23 heavy (non-hydrogen) atoms. The molecule has 4 rings (SSSR count). The van der Waals surface area contributed by atoms with Crippen molar-refractivity contribution in [1.29, 1.82) is 0 Å². The highest BCUT2D eigenvalue weighted by atomic mass is 35.5. The summed E-state index contributed by atoms with van der Waals surface area (Å²) >= 11 is 6.02. The number of nitrogens with zero attached hydrogens (tertiary/aromatic N) is 1. The smallest absolute Gasteiger partial charge is 0.308 e. The zero-order chi connectivity index (χ0) is 16.3. The number of rotatable bonds is 2. The average Bonchev–Trinajstić information content (AvgIpc) is 3.15. The van der Waals surface area contributed by atoms with Gasteiger partial charge in [0.05, 0.1) is 17.5 Å². The van der Waals surface area contributed by atoms with Gasteiger partial charge in [-0.25, -0.2) is 4.90 Å². The van der Waals surface area contributed by atoms with Crippen molar-refractivity contribution in [3.05, 3.63) is 35.4 Å². The minimum Gasteiger partial charge on any atom is -0.424 e. The molecule has 5 nitrogen and oxygen atoms in total. The minimum absolute atomic E-state index is 0.128. The lowest BCUT2D eigenvalue weighted by molar-refractivity contribution is -0.132. The number of benzene rings is 1. The molecule has 1 aromatic rings. The second kappa shape index (κ2) is 4.93. The van der Waals surface area contributed by atoms with Gasteiger partial charge in [-0.3, -0.25) is 14.4 Å². The number of hydrogen-bond acceptors (Lipinski definition) is 4. The van der Waals surface area contributed by atoms with E-state index in [4.69, 9.17) is 16.3 Å². The van der Waals surface area contributed by atoms with Gasteiger partial charge in [0.1, 0.15) is 0 Å². The highest BCUT2D eigenvalue weighted by Crippen LogP contribution is 2.54. The summed E-state index contributed by atoms with van der Waals surface area (Å²) in [6, 6.07) is 4.55. The molecule has 1 heterocycles. The van der Waals surface area contributed by atoms with E-state index in [0.29, 0.717) is 5.02 Å². The number of carbonyl (C=O) groups is 3. The van der Waals surface area contributed by atoms with Crippen molar-refractivity contribution < 1.29 is 19.1 Å². The minimum atomic E-state index is -0.519. The number of allylic oxidation sites excluding steroid dienone is 2. The van der Waals surface area contributed by atoms with Crippen molar-refractivity contribution in [3.8, 4) is 5.75 Å². The van der Waals surface area contributed by atoms with Gasteiger partial charge in [-0.05, 0) is 36.5 Å². The zero-order valence-electron chi connectivity index (χ0n) is 12.4. The Morgan fingerprint density at radius 2 is 1.78 bits per heavy atom. The van der Waals surface area contributed by atoms with Crippen LogP contribution in [0.4, 0.5) is 5.69 Å². The Morgan fingerprint density at radius 1 is 1.17 bits per heavy atom. The number of carbonyl (C=O) groups excluding carboxylic acids is 3. The van der Waals surface area contributed by atoms with E-state index in [1.54, 1.807) is 6.07 Å². The fourth-order valence-corrected chi connectivity index (χ4v) is 4.21. The molecular weight excluding hydrogens is 318 g/mol. The lowest BCUT2D eigenvalue weighted by Gasteiger charge is -2.20. The van der Waals surface area contributed by atoms with Gasteiger partial charge >= 0.3 is 5.97 Å².